The topological polar surface area (TPSA) is 72.2 Å². The Hall–Kier alpha value is -2.82. The number of amides is 2. The van der Waals surface area contributed by atoms with Gasteiger partial charge in [0.25, 0.3) is 5.91 Å². The van der Waals surface area contributed by atoms with E-state index in [1.165, 1.54) is 0 Å². The van der Waals surface area contributed by atoms with Gasteiger partial charge in [0.15, 0.2) is 0 Å². The van der Waals surface area contributed by atoms with Gasteiger partial charge in [-0.2, -0.15) is 0 Å². The second-order valence-electron chi connectivity index (χ2n) is 6.28. The minimum Gasteiger partial charge on any atom is -0.368 e. The average molecular weight is 413 g/mol. The number of hydrogen-bond acceptors (Lipinski definition) is 2. The highest BCUT2D eigenvalue weighted by atomic mass is 35.5. The summed E-state index contributed by atoms with van der Waals surface area (Å²) < 4.78 is 0. The van der Waals surface area contributed by atoms with Gasteiger partial charge in [-0.15, -0.1) is 0 Å². The van der Waals surface area contributed by atoms with E-state index in [4.69, 9.17) is 28.9 Å². The predicted octanol–water partition coefficient (Wildman–Crippen LogP) is 4.49. The summed E-state index contributed by atoms with van der Waals surface area (Å²) in [6, 6.07) is 21.1. The minimum absolute atomic E-state index is 0.113. The van der Waals surface area contributed by atoms with Gasteiger partial charge in [-0.3, -0.25) is 9.59 Å². The predicted molar refractivity (Wildman–Crippen MR) is 112 cm³/mol. The van der Waals surface area contributed by atoms with E-state index >= 15 is 0 Å². The molecular formula is C22H18Cl2N2O2. The van der Waals surface area contributed by atoms with Crippen LogP contribution in [0.2, 0.25) is 10.0 Å². The third-order valence-corrected chi connectivity index (χ3v) is 5.08. The molecule has 0 heterocycles. The Balaban J connectivity index is 1.75. The van der Waals surface area contributed by atoms with Crippen LogP contribution in [0.15, 0.2) is 72.8 Å². The fourth-order valence-electron chi connectivity index (χ4n) is 2.84. The van der Waals surface area contributed by atoms with Gasteiger partial charge >= 0.3 is 0 Å². The zero-order chi connectivity index (χ0) is 20.1. The average Bonchev–Trinajstić information content (AvgIpc) is 2.70. The van der Waals surface area contributed by atoms with Crippen molar-refractivity contribution in [3.8, 4) is 11.1 Å². The lowest BCUT2D eigenvalue weighted by molar-refractivity contribution is -0.119. The molecule has 3 aromatic rings. The molecule has 0 fully saturated rings. The van der Waals surface area contributed by atoms with Crippen LogP contribution in [-0.4, -0.2) is 17.9 Å². The number of nitrogens with one attached hydrogen (secondary N) is 1. The van der Waals surface area contributed by atoms with Gasteiger partial charge in [-0.1, -0.05) is 71.7 Å². The standard InChI is InChI=1S/C22H18Cl2N2O2/c23-18-7-4-8-19(24)17(18)13-20(21(25)27)26-22(28)16-11-9-15(10-12-16)14-5-2-1-3-6-14/h1-12,20H,13H2,(H2,25,27)(H,26,28)/t20-/m0/s1. The molecule has 0 saturated carbocycles. The molecule has 0 aliphatic heterocycles. The van der Waals surface area contributed by atoms with Crippen LogP contribution in [0.3, 0.4) is 0 Å². The van der Waals surface area contributed by atoms with Crippen LogP contribution in [0.4, 0.5) is 0 Å². The number of carbonyl (C=O) groups excluding carboxylic acids is 2. The van der Waals surface area contributed by atoms with E-state index < -0.39 is 17.9 Å². The maximum absolute atomic E-state index is 12.6. The number of halogens is 2. The second-order valence-corrected chi connectivity index (χ2v) is 7.09. The summed E-state index contributed by atoms with van der Waals surface area (Å²) in [6.45, 7) is 0. The summed E-state index contributed by atoms with van der Waals surface area (Å²) in [5.74, 6) is -1.06. The highest BCUT2D eigenvalue weighted by Crippen LogP contribution is 2.25. The first kappa shape index (κ1) is 19.9. The highest BCUT2D eigenvalue weighted by Gasteiger charge is 2.22. The molecule has 0 aromatic heterocycles. The van der Waals surface area contributed by atoms with Crippen molar-refractivity contribution in [2.75, 3.05) is 0 Å². The largest absolute Gasteiger partial charge is 0.368 e. The summed E-state index contributed by atoms with van der Waals surface area (Å²) in [5.41, 5.74) is 8.51. The molecule has 3 aromatic carbocycles. The molecule has 3 N–H and O–H groups in total. The fourth-order valence-corrected chi connectivity index (χ4v) is 3.39. The van der Waals surface area contributed by atoms with E-state index in [2.05, 4.69) is 5.32 Å². The lowest BCUT2D eigenvalue weighted by Gasteiger charge is -2.17. The molecule has 6 heteroatoms. The molecule has 0 aliphatic rings. The number of primary amides is 1. The lowest BCUT2D eigenvalue weighted by Crippen LogP contribution is -2.46. The number of rotatable bonds is 6. The summed E-state index contributed by atoms with van der Waals surface area (Å²) >= 11 is 12.3. The molecule has 0 unspecified atom stereocenters. The van der Waals surface area contributed by atoms with Crippen molar-refractivity contribution < 1.29 is 9.59 Å². The maximum atomic E-state index is 12.6. The molecule has 0 spiro atoms. The Morgan fingerprint density at radius 3 is 1.96 bits per heavy atom. The maximum Gasteiger partial charge on any atom is 0.251 e. The minimum atomic E-state index is -0.932. The lowest BCUT2D eigenvalue weighted by atomic mass is 10.0. The molecule has 28 heavy (non-hydrogen) atoms. The summed E-state index contributed by atoms with van der Waals surface area (Å²) in [5, 5.41) is 3.50. The molecule has 0 radical (unpaired) electrons. The van der Waals surface area contributed by atoms with E-state index in [9.17, 15) is 9.59 Å². The van der Waals surface area contributed by atoms with Gasteiger partial charge in [0.05, 0.1) is 0 Å². The molecule has 2 amide bonds. The Morgan fingerprint density at radius 2 is 1.39 bits per heavy atom. The van der Waals surface area contributed by atoms with Crippen molar-refractivity contribution in [3.63, 3.8) is 0 Å². The van der Waals surface area contributed by atoms with Gasteiger partial charge in [-0.05, 0) is 41.0 Å². The third kappa shape index (κ3) is 4.71. The molecule has 0 aliphatic carbocycles. The Labute approximate surface area is 173 Å². The summed E-state index contributed by atoms with van der Waals surface area (Å²) in [4.78, 5) is 24.4. The van der Waals surface area contributed by atoms with Crippen molar-refractivity contribution in [1.82, 2.24) is 5.32 Å². The summed E-state index contributed by atoms with van der Waals surface area (Å²) in [7, 11) is 0. The Kier molecular flexibility index (Phi) is 6.34. The van der Waals surface area contributed by atoms with Crippen LogP contribution in [-0.2, 0) is 11.2 Å². The van der Waals surface area contributed by atoms with Crippen LogP contribution in [0.25, 0.3) is 11.1 Å². The highest BCUT2D eigenvalue weighted by molar-refractivity contribution is 6.36. The molecule has 1 atom stereocenters. The van der Waals surface area contributed by atoms with Gasteiger partial charge in [-0.25, -0.2) is 0 Å². The number of hydrogen-bond donors (Lipinski definition) is 2. The molecule has 0 bridgehead atoms. The number of benzene rings is 3. The zero-order valence-corrected chi connectivity index (χ0v) is 16.4. The SMILES string of the molecule is NC(=O)[C@H](Cc1c(Cl)cccc1Cl)NC(=O)c1ccc(-c2ccccc2)cc1. The molecular weight excluding hydrogens is 395 g/mol. The molecule has 142 valence electrons. The van der Waals surface area contributed by atoms with Gasteiger partial charge in [0.2, 0.25) is 5.91 Å². The monoisotopic (exact) mass is 412 g/mol. The first-order chi connectivity index (χ1) is 13.5. The van der Waals surface area contributed by atoms with E-state index in [0.29, 0.717) is 21.2 Å². The summed E-state index contributed by atoms with van der Waals surface area (Å²) in [6.07, 6.45) is 0.113. The van der Waals surface area contributed by atoms with Gasteiger partial charge < -0.3 is 11.1 Å². The first-order valence-corrected chi connectivity index (χ1v) is 9.40. The molecule has 4 nitrogen and oxygen atoms in total. The van der Waals surface area contributed by atoms with E-state index in [1.54, 1.807) is 30.3 Å². The van der Waals surface area contributed by atoms with Crippen LogP contribution in [0.1, 0.15) is 15.9 Å². The second kappa shape index (κ2) is 8.91. The molecule has 0 saturated heterocycles. The van der Waals surface area contributed by atoms with Gasteiger partial charge in [0.1, 0.15) is 6.04 Å². The van der Waals surface area contributed by atoms with Crippen molar-refractivity contribution in [3.05, 3.63) is 94.0 Å². The van der Waals surface area contributed by atoms with Crippen molar-refractivity contribution >= 4 is 35.0 Å². The van der Waals surface area contributed by atoms with Crippen LogP contribution in [0.5, 0.6) is 0 Å². The van der Waals surface area contributed by atoms with E-state index in [1.807, 2.05) is 42.5 Å². The molecule has 3 rings (SSSR count). The van der Waals surface area contributed by atoms with Crippen LogP contribution in [0, 0.1) is 0 Å². The van der Waals surface area contributed by atoms with Crippen molar-refractivity contribution in [2.45, 2.75) is 12.5 Å². The normalized spacial score (nSPS) is 11.6. The fraction of sp³-hybridized carbons (Fsp3) is 0.0909. The quantitative estimate of drug-likeness (QED) is 0.625. The van der Waals surface area contributed by atoms with Gasteiger partial charge in [0, 0.05) is 22.0 Å². The zero-order valence-electron chi connectivity index (χ0n) is 14.9. The smallest absolute Gasteiger partial charge is 0.251 e. The van der Waals surface area contributed by atoms with Crippen LogP contribution < -0.4 is 11.1 Å². The van der Waals surface area contributed by atoms with E-state index in [0.717, 1.165) is 11.1 Å². The van der Waals surface area contributed by atoms with Crippen molar-refractivity contribution in [2.24, 2.45) is 5.73 Å². The first-order valence-electron chi connectivity index (χ1n) is 8.64. The van der Waals surface area contributed by atoms with E-state index in [-0.39, 0.29) is 6.42 Å². The Bertz CT molecular complexity index is 969. The number of nitrogens with two attached hydrogens (primary N) is 1. The third-order valence-electron chi connectivity index (χ3n) is 4.37. The van der Waals surface area contributed by atoms with Crippen LogP contribution >= 0.6 is 23.2 Å². The van der Waals surface area contributed by atoms with Crippen molar-refractivity contribution in [1.29, 1.82) is 0 Å². The number of carbonyl (C=O) groups is 2. The Morgan fingerprint density at radius 1 is 0.821 bits per heavy atom.